The summed E-state index contributed by atoms with van der Waals surface area (Å²) in [5.74, 6) is -0.522. The Labute approximate surface area is 123 Å². The van der Waals surface area contributed by atoms with E-state index in [1.54, 1.807) is 18.2 Å². The van der Waals surface area contributed by atoms with Crippen LogP contribution >= 0.6 is 0 Å². The third kappa shape index (κ3) is 5.99. The zero-order valence-corrected chi connectivity index (χ0v) is 12.2. The summed E-state index contributed by atoms with van der Waals surface area (Å²) in [5, 5.41) is 14.0. The summed E-state index contributed by atoms with van der Waals surface area (Å²) < 4.78 is 5.17. The number of anilines is 1. The molecule has 0 spiro atoms. The lowest BCUT2D eigenvalue weighted by Crippen LogP contribution is -2.29. The first-order valence-corrected chi connectivity index (χ1v) is 6.70. The highest BCUT2D eigenvalue weighted by molar-refractivity contribution is 5.92. The van der Waals surface area contributed by atoms with Crippen LogP contribution in [0.4, 0.5) is 10.5 Å². The molecule has 0 bridgehead atoms. The number of unbranched alkanes of at least 4 members (excludes halogenated alkanes) is 1. The van der Waals surface area contributed by atoms with Gasteiger partial charge in [-0.05, 0) is 30.2 Å². The zero-order valence-electron chi connectivity index (χ0n) is 12.2. The number of carbonyl (C=O) groups is 2. The number of carbonyl (C=O) groups excluding carboxylic acids is 1. The van der Waals surface area contributed by atoms with E-state index in [9.17, 15) is 9.59 Å². The molecule has 1 aromatic rings. The minimum Gasteiger partial charge on any atom is -0.495 e. The number of carboxylic acids is 1. The Morgan fingerprint density at radius 2 is 2.14 bits per heavy atom. The summed E-state index contributed by atoms with van der Waals surface area (Å²) in [4.78, 5) is 22.3. The molecule has 114 valence electrons. The van der Waals surface area contributed by atoms with E-state index in [0.29, 0.717) is 23.5 Å². The van der Waals surface area contributed by atoms with E-state index in [4.69, 9.17) is 9.84 Å². The molecule has 3 N–H and O–H groups in total. The van der Waals surface area contributed by atoms with Crippen LogP contribution in [-0.2, 0) is 4.79 Å². The maximum Gasteiger partial charge on any atom is 0.328 e. The Morgan fingerprint density at radius 1 is 1.38 bits per heavy atom. The van der Waals surface area contributed by atoms with E-state index in [1.165, 1.54) is 13.2 Å². The largest absolute Gasteiger partial charge is 0.495 e. The number of hydrogen-bond donors (Lipinski definition) is 3. The van der Waals surface area contributed by atoms with E-state index < -0.39 is 5.97 Å². The summed E-state index contributed by atoms with van der Waals surface area (Å²) in [5.41, 5.74) is 1.14. The topological polar surface area (TPSA) is 87.7 Å². The van der Waals surface area contributed by atoms with Gasteiger partial charge in [0, 0.05) is 12.6 Å². The standard InChI is InChI=1S/C15H20N2O4/c1-3-4-9-16-15(20)17-12-10-11(6-8-14(18)19)5-7-13(12)21-2/h5-8,10H,3-4,9H2,1-2H3,(H,18,19)(H2,16,17,20). The molecule has 21 heavy (non-hydrogen) atoms. The first kappa shape index (κ1) is 16.6. The Kier molecular flexibility index (Phi) is 6.80. The zero-order chi connectivity index (χ0) is 15.7. The van der Waals surface area contributed by atoms with Gasteiger partial charge in [0.25, 0.3) is 0 Å². The van der Waals surface area contributed by atoms with E-state index in [-0.39, 0.29) is 6.03 Å². The number of hydrogen-bond acceptors (Lipinski definition) is 3. The van der Waals surface area contributed by atoms with Gasteiger partial charge in [0.1, 0.15) is 5.75 Å². The molecule has 0 atom stereocenters. The fourth-order valence-corrected chi connectivity index (χ4v) is 1.64. The van der Waals surface area contributed by atoms with Crippen molar-refractivity contribution in [3.63, 3.8) is 0 Å². The fraction of sp³-hybridized carbons (Fsp3) is 0.333. The van der Waals surface area contributed by atoms with Crippen molar-refractivity contribution in [3.8, 4) is 5.75 Å². The van der Waals surface area contributed by atoms with Crippen LogP contribution in [0.1, 0.15) is 25.3 Å². The molecule has 0 unspecified atom stereocenters. The summed E-state index contributed by atoms with van der Waals surface area (Å²) >= 11 is 0. The fourth-order valence-electron chi connectivity index (χ4n) is 1.64. The molecule has 0 heterocycles. The average molecular weight is 292 g/mol. The van der Waals surface area contributed by atoms with Gasteiger partial charge in [0.05, 0.1) is 12.8 Å². The van der Waals surface area contributed by atoms with E-state index in [0.717, 1.165) is 18.9 Å². The second kappa shape index (κ2) is 8.63. The van der Waals surface area contributed by atoms with Gasteiger partial charge in [-0.2, -0.15) is 0 Å². The molecule has 1 aromatic carbocycles. The number of urea groups is 1. The van der Waals surface area contributed by atoms with Crippen molar-refractivity contribution in [2.75, 3.05) is 19.0 Å². The van der Waals surface area contributed by atoms with Crippen LogP contribution < -0.4 is 15.4 Å². The first-order valence-electron chi connectivity index (χ1n) is 6.70. The number of methoxy groups -OCH3 is 1. The maximum absolute atomic E-state index is 11.7. The number of amides is 2. The third-order valence-electron chi connectivity index (χ3n) is 2.71. The van der Waals surface area contributed by atoms with Gasteiger partial charge in [-0.25, -0.2) is 9.59 Å². The lowest BCUT2D eigenvalue weighted by atomic mass is 10.1. The van der Waals surface area contributed by atoms with Crippen LogP contribution in [0.5, 0.6) is 5.75 Å². The van der Waals surface area contributed by atoms with Crippen LogP contribution in [0.2, 0.25) is 0 Å². The first-order chi connectivity index (χ1) is 10.1. The minimum atomic E-state index is -1.03. The van der Waals surface area contributed by atoms with E-state index >= 15 is 0 Å². The number of benzene rings is 1. The van der Waals surface area contributed by atoms with Gasteiger partial charge in [-0.1, -0.05) is 19.4 Å². The van der Waals surface area contributed by atoms with Crippen LogP contribution in [-0.4, -0.2) is 30.8 Å². The summed E-state index contributed by atoms with van der Waals surface area (Å²) in [6.45, 7) is 2.64. The smallest absolute Gasteiger partial charge is 0.328 e. The highest BCUT2D eigenvalue weighted by atomic mass is 16.5. The number of carboxylic acid groups (broad SMARTS) is 1. The Bertz CT molecular complexity index is 526. The van der Waals surface area contributed by atoms with E-state index in [1.807, 2.05) is 6.92 Å². The molecule has 1 rings (SSSR count). The predicted octanol–water partition coefficient (Wildman–Crippen LogP) is 2.71. The van der Waals surface area contributed by atoms with Crippen molar-refractivity contribution in [2.45, 2.75) is 19.8 Å². The lowest BCUT2D eigenvalue weighted by molar-refractivity contribution is -0.131. The third-order valence-corrected chi connectivity index (χ3v) is 2.71. The van der Waals surface area contributed by atoms with Gasteiger partial charge in [-0.15, -0.1) is 0 Å². The lowest BCUT2D eigenvalue weighted by Gasteiger charge is -2.11. The monoisotopic (exact) mass is 292 g/mol. The Balaban J connectivity index is 2.80. The molecule has 6 nitrogen and oxygen atoms in total. The molecule has 6 heteroatoms. The van der Waals surface area contributed by atoms with Crippen LogP contribution in [0, 0.1) is 0 Å². The summed E-state index contributed by atoms with van der Waals surface area (Å²) in [6, 6.07) is 4.71. The highest BCUT2D eigenvalue weighted by Crippen LogP contribution is 2.26. The van der Waals surface area contributed by atoms with Crippen LogP contribution in [0.15, 0.2) is 24.3 Å². The molecule has 0 aliphatic carbocycles. The normalized spacial score (nSPS) is 10.4. The van der Waals surface area contributed by atoms with Crippen molar-refractivity contribution in [1.29, 1.82) is 0 Å². The maximum atomic E-state index is 11.7. The summed E-state index contributed by atoms with van der Waals surface area (Å²) in [7, 11) is 1.50. The van der Waals surface area contributed by atoms with Gasteiger partial charge >= 0.3 is 12.0 Å². The molecule has 0 saturated heterocycles. The number of aliphatic carboxylic acids is 1. The SMILES string of the molecule is CCCCNC(=O)Nc1cc(C=CC(=O)O)ccc1OC. The molecule has 0 saturated carbocycles. The summed E-state index contributed by atoms with van der Waals surface area (Å²) in [6.07, 6.45) is 4.39. The Morgan fingerprint density at radius 3 is 2.76 bits per heavy atom. The van der Waals surface area contributed by atoms with Crippen molar-refractivity contribution in [3.05, 3.63) is 29.8 Å². The molecule has 0 aliphatic rings. The van der Waals surface area contributed by atoms with Crippen LogP contribution in [0.3, 0.4) is 0 Å². The number of rotatable bonds is 7. The predicted molar refractivity (Wildman–Crippen MR) is 81.6 cm³/mol. The van der Waals surface area contributed by atoms with Gasteiger partial charge < -0.3 is 20.5 Å². The van der Waals surface area contributed by atoms with E-state index in [2.05, 4.69) is 10.6 Å². The van der Waals surface area contributed by atoms with Crippen molar-refractivity contribution >= 4 is 23.8 Å². The van der Waals surface area contributed by atoms with Crippen LogP contribution in [0.25, 0.3) is 6.08 Å². The van der Waals surface area contributed by atoms with Gasteiger partial charge in [0.2, 0.25) is 0 Å². The minimum absolute atomic E-state index is 0.318. The van der Waals surface area contributed by atoms with Crippen molar-refractivity contribution in [2.24, 2.45) is 0 Å². The number of nitrogens with one attached hydrogen (secondary N) is 2. The van der Waals surface area contributed by atoms with Crippen molar-refractivity contribution < 1.29 is 19.4 Å². The number of ether oxygens (including phenoxy) is 1. The second-order valence-corrected chi connectivity index (χ2v) is 4.37. The molecular formula is C15H20N2O4. The average Bonchev–Trinajstić information content (AvgIpc) is 2.45. The van der Waals surface area contributed by atoms with Gasteiger partial charge in [-0.3, -0.25) is 0 Å². The molecule has 0 aliphatic heterocycles. The highest BCUT2D eigenvalue weighted by Gasteiger charge is 2.07. The Hall–Kier alpha value is -2.50. The quantitative estimate of drug-likeness (QED) is 0.532. The second-order valence-electron chi connectivity index (χ2n) is 4.37. The molecule has 0 aromatic heterocycles. The molecular weight excluding hydrogens is 272 g/mol. The molecule has 0 fully saturated rings. The molecule has 2 amide bonds. The molecule has 0 radical (unpaired) electrons. The van der Waals surface area contributed by atoms with Gasteiger partial charge in [0.15, 0.2) is 0 Å². The van der Waals surface area contributed by atoms with Crippen molar-refractivity contribution in [1.82, 2.24) is 5.32 Å².